The number of aromatic carboxylic acids is 1. The van der Waals surface area contributed by atoms with Crippen LogP contribution in [0.2, 0.25) is 0 Å². The molecule has 2 fully saturated rings. The first-order chi connectivity index (χ1) is 17.1. The molecule has 1 unspecified atom stereocenters. The molecular weight excluding hydrogens is 446 g/mol. The number of anilines is 3. The third-order valence-corrected chi connectivity index (χ3v) is 7.09. The van der Waals surface area contributed by atoms with Crippen LogP contribution in [0.1, 0.15) is 62.2 Å². The van der Waals surface area contributed by atoms with E-state index in [9.17, 15) is 9.90 Å². The van der Waals surface area contributed by atoms with E-state index in [2.05, 4.69) is 37.5 Å². The molecule has 2 aliphatic rings. The quantitative estimate of drug-likeness (QED) is 0.409. The van der Waals surface area contributed by atoms with E-state index in [1.165, 1.54) is 52.0 Å². The average Bonchev–Trinajstić information content (AvgIpc) is 3.36. The molecule has 1 atom stereocenters. The van der Waals surface area contributed by atoms with Crippen molar-refractivity contribution in [3.63, 3.8) is 0 Å². The number of aromatic nitrogens is 3. The van der Waals surface area contributed by atoms with Crippen LogP contribution in [0, 0.1) is 5.92 Å². The maximum Gasteiger partial charge on any atom is 0.339 e. The van der Waals surface area contributed by atoms with Gasteiger partial charge in [-0.15, -0.1) is 0 Å². The highest BCUT2D eigenvalue weighted by atomic mass is 16.5. The van der Waals surface area contributed by atoms with Crippen molar-refractivity contribution >= 4 is 23.6 Å². The first kappa shape index (κ1) is 25.1. The summed E-state index contributed by atoms with van der Waals surface area (Å²) >= 11 is 0. The third-order valence-electron chi connectivity index (χ3n) is 7.09. The molecule has 10 heteroatoms. The van der Waals surface area contributed by atoms with Gasteiger partial charge in [-0.05, 0) is 62.9 Å². The molecule has 1 aliphatic heterocycles. The fourth-order valence-corrected chi connectivity index (χ4v) is 5.12. The number of rotatable bonds is 11. The van der Waals surface area contributed by atoms with Crippen LogP contribution >= 0.6 is 0 Å². The van der Waals surface area contributed by atoms with Gasteiger partial charge in [0.05, 0.1) is 12.8 Å². The number of hydrogen-bond donors (Lipinski definition) is 3. The maximum absolute atomic E-state index is 11.8. The van der Waals surface area contributed by atoms with E-state index in [-0.39, 0.29) is 5.56 Å². The van der Waals surface area contributed by atoms with Gasteiger partial charge in [-0.1, -0.05) is 26.2 Å². The van der Waals surface area contributed by atoms with Crippen molar-refractivity contribution in [2.24, 2.45) is 5.92 Å². The van der Waals surface area contributed by atoms with E-state index in [1.807, 2.05) is 6.07 Å². The van der Waals surface area contributed by atoms with E-state index >= 15 is 0 Å². The lowest BCUT2D eigenvalue weighted by atomic mass is 9.89. The number of carboxylic acids is 1. The SMILES string of the molecule is CCN1CCCC1CNc1ncnc(N(NCC2CCCCC2)c2ccc(OC)c(C(=O)O)c2)n1. The molecule has 1 aromatic heterocycles. The predicted octanol–water partition coefficient (Wildman–Crippen LogP) is 3.70. The fourth-order valence-electron chi connectivity index (χ4n) is 5.12. The van der Waals surface area contributed by atoms with Crippen LogP contribution in [-0.2, 0) is 0 Å². The van der Waals surface area contributed by atoms with Crippen molar-refractivity contribution in [1.82, 2.24) is 25.3 Å². The summed E-state index contributed by atoms with van der Waals surface area (Å²) in [6.45, 7) is 5.90. The predicted molar refractivity (Wildman–Crippen MR) is 135 cm³/mol. The molecule has 0 bridgehead atoms. The molecular formula is C25H37N7O3. The number of hydrogen-bond acceptors (Lipinski definition) is 9. The summed E-state index contributed by atoms with van der Waals surface area (Å²) in [5.74, 6) is 0.743. The summed E-state index contributed by atoms with van der Waals surface area (Å²) in [6.07, 6.45) is 10.0. The minimum absolute atomic E-state index is 0.0859. The number of ether oxygens (including phenoxy) is 1. The van der Waals surface area contributed by atoms with Crippen LogP contribution in [0.5, 0.6) is 5.75 Å². The molecule has 190 valence electrons. The number of likely N-dealkylation sites (tertiary alicyclic amines) is 1. The number of nitrogens with zero attached hydrogens (tertiary/aromatic N) is 5. The largest absolute Gasteiger partial charge is 0.496 e. The van der Waals surface area contributed by atoms with Gasteiger partial charge in [-0.2, -0.15) is 9.97 Å². The standard InChI is InChI=1S/C25H37N7O3/c1-3-31-13-7-10-20(31)16-26-24-27-17-28-25(30-24)32(29-15-18-8-5-4-6-9-18)19-11-12-22(35-2)21(14-19)23(33)34/h11-12,14,17-18,20,29H,3-10,13,15-16H2,1-2H3,(H,33,34)(H,26,27,28,30). The van der Waals surface area contributed by atoms with Gasteiger partial charge in [0.15, 0.2) is 0 Å². The zero-order chi connectivity index (χ0) is 24.6. The number of carbonyl (C=O) groups is 1. The van der Waals surface area contributed by atoms with Crippen molar-refractivity contribution in [3.8, 4) is 5.75 Å². The second-order valence-electron chi connectivity index (χ2n) is 9.31. The molecule has 3 N–H and O–H groups in total. The fraction of sp³-hybridized carbons (Fsp3) is 0.600. The van der Waals surface area contributed by atoms with Gasteiger partial charge in [0.25, 0.3) is 0 Å². The molecule has 10 nitrogen and oxygen atoms in total. The lowest BCUT2D eigenvalue weighted by Crippen LogP contribution is -2.39. The van der Waals surface area contributed by atoms with E-state index in [4.69, 9.17) is 4.74 Å². The van der Waals surface area contributed by atoms with Gasteiger partial charge in [-0.25, -0.2) is 20.2 Å². The van der Waals surface area contributed by atoms with Crippen molar-refractivity contribution in [2.75, 3.05) is 43.6 Å². The van der Waals surface area contributed by atoms with E-state index in [0.29, 0.717) is 35.3 Å². The molecule has 0 amide bonds. The van der Waals surface area contributed by atoms with Crippen molar-refractivity contribution in [3.05, 3.63) is 30.1 Å². The Labute approximate surface area is 207 Å². The van der Waals surface area contributed by atoms with E-state index in [1.54, 1.807) is 17.1 Å². The summed E-state index contributed by atoms with van der Waals surface area (Å²) in [5, 5.41) is 14.8. The Morgan fingerprint density at radius 2 is 2.00 bits per heavy atom. The molecule has 1 aromatic carbocycles. The topological polar surface area (TPSA) is 116 Å². The van der Waals surface area contributed by atoms with Crippen LogP contribution < -0.4 is 20.5 Å². The summed E-state index contributed by atoms with van der Waals surface area (Å²) in [7, 11) is 1.47. The Balaban J connectivity index is 1.56. The molecule has 1 saturated heterocycles. The van der Waals surface area contributed by atoms with Gasteiger partial charge >= 0.3 is 5.97 Å². The summed E-state index contributed by atoms with van der Waals surface area (Å²) in [5.41, 5.74) is 4.19. The smallest absolute Gasteiger partial charge is 0.339 e. The van der Waals surface area contributed by atoms with E-state index < -0.39 is 5.97 Å². The zero-order valence-electron chi connectivity index (χ0n) is 20.7. The lowest BCUT2D eigenvalue weighted by Gasteiger charge is -2.28. The zero-order valence-corrected chi connectivity index (χ0v) is 20.7. The first-order valence-corrected chi connectivity index (χ1v) is 12.7. The Kier molecular flexibility index (Phi) is 8.70. The van der Waals surface area contributed by atoms with Crippen LogP contribution in [-0.4, -0.2) is 70.3 Å². The monoisotopic (exact) mass is 483 g/mol. The number of methoxy groups -OCH3 is 1. The number of benzene rings is 1. The molecule has 1 aliphatic carbocycles. The normalized spacial score (nSPS) is 19.0. The molecule has 4 rings (SSSR count). The Hall–Kier alpha value is -2.98. The van der Waals surface area contributed by atoms with Gasteiger partial charge in [0.2, 0.25) is 11.9 Å². The number of hydrazine groups is 1. The third kappa shape index (κ3) is 6.37. The number of nitrogens with one attached hydrogen (secondary N) is 2. The lowest BCUT2D eigenvalue weighted by molar-refractivity contribution is 0.0693. The average molecular weight is 484 g/mol. The molecule has 0 spiro atoms. The highest BCUT2D eigenvalue weighted by Gasteiger charge is 2.24. The number of carboxylic acid groups (broad SMARTS) is 1. The van der Waals surface area contributed by atoms with Crippen molar-refractivity contribution in [2.45, 2.75) is 57.9 Å². The first-order valence-electron chi connectivity index (χ1n) is 12.7. The Morgan fingerprint density at radius 1 is 1.17 bits per heavy atom. The minimum atomic E-state index is -1.05. The van der Waals surface area contributed by atoms with Gasteiger partial charge in [0.1, 0.15) is 17.6 Å². The highest BCUT2D eigenvalue weighted by Crippen LogP contribution is 2.29. The summed E-state index contributed by atoms with van der Waals surface area (Å²) in [4.78, 5) is 27.7. The summed E-state index contributed by atoms with van der Waals surface area (Å²) in [6, 6.07) is 5.53. The van der Waals surface area contributed by atoms with Gasteiger partial charge in [-0.3, -0.25) is 4.90 Å². The molecule has 35 heavy (non-hydrogen) atoms. The molecule has 0 radical (unpaired) electrons. The van der Waals surface area contributed by atoms with Crippen molar-refractivity contribution < 1.29 is 14.6 Å². The van der Waals surface area contributed by atoms with Crippen LogP contribution in [0.3, 0.4) is 0 Å². The second-order valence-corrected chi connectivity index (χ2v) is 9.31. The Morgan fingerprint density at radius 3 is 2.74 bits per heavy atom. The van der Waals surface area contributed by atoms with Crippen LogP contribution in [0.25, 0.3) is 0 Å². The second kappa shape index (κ2) is 12.1. The summed E-state index contributed by atoms with van der Waals surface area (Å²) < 4.78 is 5.24. The molecule has 2 heterocycles. The van der Waals surface area contributed by atoms with E-state index in [0.717, 1.165) is 32.6 Å². The van der Waals surface area contributed by atoms with Crippen molar-refractivity contribution in [1.29, 1.82) is 0 Å². The minimum Gasteiger partial charge on any atom is -0.496 e. The van der Waals surface area contributed by atoms with Crippen LogP contribution in [0.4, 0.5) is 17.6 Å². The van der Waals surface area contributed by atoms with Crippen LogP contribution in [0.15, 0.2) is 24.5 Å². The number of likely N-dealkylation sites (N-methyl/N-ethyl adjacent to an activating group) is 1. The molecule has 1 saturated carbocycles. The van der Waals surface area contributed by atoms with Gasteiger partial charge in [0, 0.05) is 19.1 Å². The Bertz CT molecular complexity index is 983. The van der Waals surface area contributed by atoms with Gasteiger partial charge < -0.3 is 15.2 Å². The molecule has 2 aromatic rings. The maximum atomic E-state index is 11.8. The highest BCUT2D eigenvalue weighted by molar-refractivity contribution is 5.92.